The third kappa shape index (κ3) is 4.46. The van der Waals surface area contributed by atoms with Crippen LogP contribution in [0.15, 0.2) is 0 Å². The van der Waals surface area contributed by atoms with Gasteiger partial charge in [-0.1, -0.05) is 13.8 Å². The van der Waals surface area contributed by atoms with E-state index < -0.39 is 5.41 Å². The molecule has 2 saturated heterocycles. The lowest BCUT2D eigenvalue weighted by molar-refractivity contribution is -0.136. The maximum absolute atomic E-state index is 12.7. The summed E-state index contributed by atoms with van der Waals surface area (Å²) in [5, 5.41) is 3.20. The van der Waals surface area contributed by atoms with Crippen LogP contribution in [-0.2, 0) is 9.53 Å². The number of amides is 1. The number of nitrogens with one attached hydrogen (secondary N) is 1. The Morgan fingerprint density at radius 1 is 1.26 bits per heavy atom. The fraction of sp³-hybridized carbons (Fsp3) is 0.944. The van der Waals surface area contributed by atoms with Crippen LogP contribution in [0.1, 0.15) is 47.0 Å². The summed E-state index contributed by atoms with van der Waals surface area (Å²) in [5.74, 6) is 1.55. The second-order valence-corrected chi connectivity index (χ2v) is 8.44. The number of piperidine rings is 1. The van der Waals surface area contributed by atoms with Crippen molar-refractivity contribution in [3.63, 3.8) is 0 Å². The molecular formula is C18H35N3O2. The number of nitrogens with zero attached hydrogens (tertiary/aromatic N) is 1. The average molecular weight is 325 g/mol. The van der Waals surface area contributed by atoms with Crippen LogP contribution in [0.25, 0.3) is 0 Å². The molecule has 2 heterocycles. The Hall–Kier alpha value is -0.650. The Balaban J connectivity index is 1.93. The lowest BCUT2D eigenvalue weighted by Crippen LogP contribution is -2.58. The molecule has 0 aromatic heterocycles. The first-order valence-electron chi connectivity index (χ1n) is 9.10. The van der Waals surface area contributed by atoms with Crippen LogP contribution in [0.3, 0.4) is 0 Å². The molecule has 0 aromatic carbocycles. The molecule has 2 aliphatic rings. The van der Waals surface area contributed by atoms with Crippen molar-refractivity contribution in [1.82, 2.24) is 10.2 Å². The zero-order valence-corrected chi connectivity index (χ0v) is 15.4. The van der Waals surface area contributed by atoms with Gasteiger partial charge in [-0.3, -0.25) is 9.69 Å². The topological polar surface area (TPSA) is 67.6 Å². The molecule has 2 unspecified atom stereocenters. The predicted molar refractivity (Wildman–Crippen MR) is 93.1 cm³/mol. The van der Waals surface area contributed by atoms with E-state index in [1.165, 1.54) is 6.42 Å². The van der Waals surface area contributed by atoms with Gasteiger partial charge in [0.2, 0.25) is 5.91 Å². The molecule has 0 spiro atoms. The van der Waals surface area contributed by atoms with E-state index in [1.54, 1.807) is 0 Å². The van der Waals surface area contributed by atoms with Gasteiger partial charge in [-0.05, 0) is 44.9 Å². The first-order valence-corrected chi connectivity index (χ1v) is 9.10. The SMILES string of the molecule is CC1CC(C)CN(C(C)(C)CNC(=O)C2(CN)CCOCC2)C1. The molecule has 2 atom stereocenters. The highest BCUT2D eigenvalue weighted by molar-refractivity contribution is 5.83. The second-order valence-electron chi connectivity index (χ2n) is 8.44. The number of carbonyl (C=O) groups is 1. The number of nitrogens with two attached hydrogens (primary N) is 1. The minimum absolute atomic E-state index is 0.0282. The highest BCUT2D eigenvalue weighted by atomic mass is 16.5. The highest BCUT2D eigenvalue weighted by Gasteiger charge is 2.40. The molecule has 2 aliphatic heterocycles. The molecule has 0 bridgehead atoms. The van der Waals surface area contributed by atoms with Crippen molar-refractivity contribution in [2.75, 3.05) is 39.4 Å². The number of hydrogen-bond donors (Lipinski definition) is 2. The molecule has 2 rings (SSSR count). The lowest BCUT2D eigenvalue weighted by atomic mass is 9.79. The number of hydrogen-bond acceptors (Lipinski definition) is 4. The van der Waals surface area contributed by atoms with Crippen molar-refractivity contribution < 1.29 is 9.53 Å². The third-order valence-corrected chi connectivity index (χ3v) is 5.73. The Morgan fingerprint density at radius 2 is 1.83 bits per heavy atom. The number of ether oxygens (including phenoxy) is 1. The van der Waals surface area contributed by atoms with E-state index in [-0.39, 0.29) is 11.4 Å². The number of rotatable bonds is 5. The zero-order valence-electron chi connectivity index (χ0n) is 15.4. The molecule has 0 radical (unpaired) electrons. The fourth-order valence-electron chi connectivity index (χ4n) is 4.04. The summed E-state index contributed by atoms with van der Waals surface area (Å²) in [6, 6.07) is 0. The standard InChI is InChI=1S/C18H35N3O2/c1-14-9-15(2)11-21(10-14)17(3,4)13-20-16(22)18(12-19)5-7-23-8-6-18/h14-15H,5-13,19H2,1-4H3,(H,20,22). The third-order valence-electron chi connectivity index (χ3n) is 5.73. The monoisotopic (exact) mass is 325 g/mol. The van der Waals surface area contributed by atoms with Gasteiger partial charge in [-0.15, -0.1) is 0 Å². The van der Waals surface area contributed by atoms with E-state index in [0.29, 0.717) is 26.3 Å². The van der Waals surface area contributed by atoms with Gasteiger partial charge < -0.3 is 15.8 Å². The molecule has 0 saturated carbocycles. The summed E-state index contributed by atoms with van der Waals surface area (Å²) < 4.78 is 5.40. The van der Waals surface area contributed by atoms with E-state index in [2.05, 4.69) is 37.9 Å². The van der Waals surface area contributed by atoms with Gasteiger partial charge in [0.05, 0.1) is 5.41 Å². The summed E-state index contributed by atoms with van der Waals surface area (Å²) in [7, 11) is 0. The molecule has 0 aromatic rings. The van der Waals surface area contributed by atoms with Gasteiger partial charge in [0.1, 0.15) is 0 Å². The summed E-state index contributed by atoms with van der Waals surface area (Å²) in [4.78, 5) is 15.3. The van der Waals surface area contributed by atoms with Crippen LogP contribution in [0, 0.1) is 17.3 Å². The summed E-state index contributed by atoms with van der Waals surface area (Å²) in [6.45, 7) is 13.7. The summed E-state index contributed by atoms with van der Waals surface area (Å²) in [6.07, 6.45) is 2.76. The molecular weight excluding hydrogens is 290 g/mol. The molecule has 134 valence electrons. The Labute approximate surface area is 141 Å². The first-order chi connectivity index (χ1) is 10.8. The van der Waals surface area contributed by atoms with Crippen molar-refractivity contribution in [3.8, 4) is 0 Å². The zero-order chi connectivity index (χ0) is 17.1. The van der Waals surface area contributed by atoms with Crippen LogP contribution >= 0.6 is 0 Å². The van der Waals surface area contributed by atoms with Crippen molar-refractivity contribution >= 4 is 5.91 Å². The quantitative estimate of drug-likeness (QED) is 0.806. The maximum atomic E-state index is 12.7. The van der Waals surface area contributed by atoms with E-state index in [9.17, 15) is 4.79 Å². The van der Waals surface area contributed by atoms with E-state index >= 15 is 0 Å². The van der Waals surface area contributed by atoms with Crippen LogP contribution in [0.2, 0.25) is 0 Å². The summed E-state index contributed by atoms with van der Waals surface area (Å²) >= 11 is 0. The van der Waals surface area contributed by atoms with Crippen molar-refractivity contribution in [2.45, 2.75) is 52.5 Å². The number of carbonyl (C=O) groups excluding carboxylic acids is 1. The van der Waals surface area contributed by atoms with Crippen molar-refractivity contribution in [3.05, 3.63) is 0 Å². The molecule has 23 heavy (non-hydrogen) atoms. The van der Waals surface area contributed by atoms with Gasteiger partial charge in [0, 0.05) is 44.9 Å². The van der Waals surface area contributed by atoms with E-state index in [0.717, 1.165) is 37.8 Å². The highest BCUT2D eigenvalue weighted by Crippen LogP contribution is 2.30. The van der Waals surface area contributed by atoms with Gasteiger partial charge in [0.15, 0.2) is 0 Å². The fourth-order valence-corrected chi connectivity index (χ4v) is 4.04. The molecule has 5 heteroatoms. The maximum Gasteiger partial charge on any atom is 0.227 e. The minimum Gasteiger partial charge on any atom is -0.381 e. The predicted octanol–water partition coefficient (Wildman–Crippen LogP) is 1.61. The van der Waals surface area contributed by atoms with Gasteiger partial charge >= 0.3 is 0 Å². The average Bonchev–Trinajstić information content (AvgIpc) is 2.52. The first kappa shape index (κ1) is 18.7. The molecule has 5 nitrogen and oxygen atoms in total. The van der Waals surface area contributed by atoms with Gasteiger partial charge in [-0.25, -0.2) is 0 Å². The number of likely N-dealkylation sites (tertiary alicyclic amines) is 1. The molecule has 1 amide bonds. The normalized spacial score (nSPS) is 29.3. The Kier molecular flexibility index (Phi) is 6.09. The van der Waals surface area contributed by atoms with Crippen LogP contribution < -0.4 is 11.1 Å². The van der Waals surface area contributed by atoms with Gasteiger partial charge in [-0.2, -0.15) is 0 Å². The van der Waals surface area contributed by atoms with Crippen LogP contribution in [0.4, 0.5) is 0 Å². The Morgan fingerprint density at radius 3 is 2.35 bits per heavy atom. The van der Waals surface area contributed by atoms with Crippen LogP contribution in [-0.4, -0.2) is 55.7 Å². The minimum atomic E-state index is -0.434. The van der Waals surface area contributed by atoms with E-state index in [4.69, 9.17) is 10.5 Å². The Bertz CT molecular complexity index is 395. The summed E-state index contributed by atoms with van der Waals surface area (Å²) in [5.41, 5.74) is 5.47. The van der Waals surface area contributed by atoms with Crippen molar-refractivity contribution in [1.29, 1.82) is 0 Å². The largest absolute Gasteiger partial charge is 0.381 e. The second kappa shape index (κ2) is 7.49. The molecule has 2 fully saturated rings. The smallest absolute Gasteiger partial charge is 0.227 e. The van der Waals surface area contributed by atoms with Crippen LogP contribution in [0.5, 0.6) is 0 Å². The van der Waals surface area contributed by atoms with Crippen molar-refractivity contribution in [2.24, 2.45) is 23.0 Å². The molecule has 0 aliphatic carbocycles. The van der Waals surface area contributed by atoms with E-state index in [1.807, 2.05) is 0 Å². The molecule has 3 N–H and O–H groups in total. The lowest BCUT2D eigenvalue weighted by Gasteiger charge is -2.45. The van der Waals surface area contributed by atoms with Gasteiger partial charge in [0.25, 0.3) is 0 Å².